The van der Waals surface area contributed by atoms with Crippen molar-refractivity contribution in [3.63, 3.8) is 0 Å². The molecule has 0 aromatic carbocycles. The maximum atomic E-state index is 11.7. The number of carbonyl (C=O) groups excluding carboxylic acids is 1. The highest BCUT2D eigenvalue weighted by molar-refractivity contribution is 5.77. The Hall–Kier alpha value is -1.66. The van der Waals surface area contributed by atoms with Crippen LogP contribution in [0.3, 0.4) is 0 Å². The van der Waals surface area contributed by atoms with Crippen molar-refractivity contribution in [2.24, 2.45) is 11.8 Å². The van der Waals surface area contributed by atoms with Gasteiger partial charge < -0.3 is 10.7 Å². The number of nitrogens with one attached hydrogen (secondary N) is 2. The molecule has 0 fully saturated rings. The Labute approximate surface area is 114 Å². The van der Waals surface area contributed by atoms with Gasteiger partial charge >= 0.3 is 0 Å². The van der Waals surface area contributed by atoms with Gasteiger partial charge in [0.1, 0.15) is 5.82 Å². The third-order valence-corrected chi connectivity index (χ3v) is 2.59. The molecule has 6 heteroatoms. The number of nitrogens with zero attached hydrogens (tertiary/aromatic N) is 2. The van der Waals surface area contributed by atoms with Crippen molar-refractivity contribution in [2.45, 2.75) is 20.4 Å². The smallest absolute Gasteiger partial charge is 0.234 e. The van der Waals surface area contributed by atoms with Crippen LogP contribution in [-0.2, 0) is 11.3 Å². The minimum Gasteiger partial charge on any atom is -0.355 e. The summed E-state index contributed by atoms with van der Waals surface area (Å²) in [5.74, 6) is 6.52. The van der Waals surface area contributed by atoms with E-state index in [4.69, 9.17) is 5.84 Å². The average molecular weight is 265 g/mol. The highest BCUT2D eigenvalue weighted by Gasteiger charge is 2.09. The summed E-state index contributed by atoms with van der Waals surface area (Å²) >= 11 is 0. The van der Waals surface area contributed by atoms with Crippen LogP contribution in [0, 0.1) is 5.92 Å². The molecule has 1 heterocycles. The Morgan fingerprint density at radius 2 is 2.26 bits per heavy atom. The first-order chi connectivity index (χ1) is 9.02. The second-order valence-electron chi connectivity index (χ2n) is 5.03. The zero-order valence-electron chi connectivity index (χ0n) is 11.8. The third-order valence-electron chi connectivity index (χ3n) is 2.59. The van der Waals surface area contributed by atoms with Crippen molar-refractivity contribution < 1.29 is 4.79 Å². The van der Waals surface area contributed by atoms with E-state index in [1.807, 2.05) is 24.1 Å². The van der Waals surface area contributed by atoms with Crippen molar-refractivity contribution in [3.8, 4) is 0 Å². The Morgan fingerprint density at radius 1 is 1.53 bits per heavy atom. The molecule has 1 amide bonds. The molecule has 106 valence electrons. The standard InChI is InChI=1S/C13H23N5O/c1-10(2)7-16-12(19)9-18(3)8-11-5-4-6-15-13(11)17-14/h4-6,10H,7-9,14H2,1-3H3,(H,15,17)(H,16,19). The lowest BCUT2D eigenvalue weighted by Gasteiger charge is -2.18. The van der Waals surface area contributed by atoms with Crippen LogP contribution in [0.2, 0.25) is 0 Å². The van der Waals surface area contributed by atoms with Crippen molar-refractivity contribution in [2.75, 3.05) is 25.6 Å². The fourth-order valence-electron chi connectivity index (χ4n) is 1.66. The molecule has 0 radical (unpaired) electrons. The lowest BCUT2D eigenvalue weighted by Crippen LogP contribution is -2.36. The summed E-state index contributed by atoms with van der Waals surface area (Å²) in [6.07, 6.45) is 1.67. The van der Waals surface area contributed by atoms with Gasteiger partial charge in [0, 0.05) is 24.8 Å². The molecular weight excluding hydrogens is 242 g/mol. The van der Waals surface area contributed by atoms with Crippen LogP contribution in [0.1, 0.15) is 19.4 Å². The second kappa shape index (κ2) is 7.70. The van der Waals surface area contributed by atoms with Gasteiger partial charge in [-0.1, -0.05) is 19.9 Å². The first kappa shape index (κ1) is 15.4. The maximum Gasteiger partial charge on any atom is 0.234 e. The molecule has 0 aliphatic heterocycles. The highest BCUT2D eigenvalue weighted by atomic mass is 16.2. The third kappa shape index (κ3) is 5.67. The van der Waals surface area contributed by atoms with Crippen LogP contribution in [0.15, 0.2) is 18.3 Å². The Bertz CT molecular complexity index is 408. The van der Waals surface area contributed by atoms with E-state index in [1.165, 1.54) is 0 Å². The molecule has 0 saturated heterocycles. The summed E-state index contributed by atoms with van der Waals surface area (Å²) in [5, 5.41) is 2.89. The van der Waals surface area contributed by atoms with Gasteiger partial charge in [0.05, 0.1) is 6.54 Å². The number of carbonyl (C=O) groups is 1. The van der Waals surface area contributed by atoms with Gasteiger partial charge in [0.2, 0.25) is 5.91 Å². The van der Waals surface area contributed by atoms with Gasteiger partial charge in [-0.3, -0.25) is 9.69 Å². The summed E-state index contributed by atoms with van der Waals surface area (Å²) in [6.45, 7) is 5.81. The molecule has 1 rings (SSSR count). The number of aromatic nitrogens is 1. The van der Waals surface area contributed by atoms with Crippen LogP contribution in [0.5, 0.6) is 0 Å². The molecule has 0 spiro atoms. The van der Waals surface area contributed by atoms with E-state index in [0.717, 1.165) is 5.56 Å². The number of rotatable bonds is 7. The number of hydrazine groups is 1. The second-order valence-corrected chi connectivity index (χ2v) is 5.03. The number of amides is 1. The minimum absolute atomic E-state index is 0.0300. The van der Waals surface area contributed by atoms with Crippen LogP contribution in [0.25, 0.3) is 0 Å². The topological polar surface area (TPSA) is 83.3 Å². The molecule has 6 nitrogen and oxygen atoms in total. The van der Waals surface area contributed by atoms with E-state index < -0.39 is 0 Å². The highest BCUT2D eigenvalue weighted by Crippen LogP contribution is 2.11. The molecule has 0 saturated carbocycles. The molecule has 0 unspecified atom stereocenters. The zero-order valence-corrected chi connectivity index (χ0v) is 11.8. The van der Waals surface area contributed by atoms with Gasteiger partial charge in [0.25, 0.3) is 0 Å². The fraction of sp³-hybridized carbons (Fsp3) is 0.538. The molecule has 19 heavy (non-hydrogen) atoms. The normalized spacial score (nSPS) is 10.8. The van der Waals surface area contributed by atoms with E-state index in [-0.39, 0.29) is 5.91 Å². The van der Waals surface area contributed by atoms with Crippen LogP contribution < -0.4 is 16.6 Å². The summed E-state index contributed by atoms with van der Waals surface area (Å²) in [7, 11) is 1.89. The number of hydrogen-bond donors (Lipinski definition) is 3. The lowest BCUT2D eigenvalue weighted by molar-refractivity contribution is -0.122. The van der Waals surface area contributed by atoms with Crippen LogP contribution in [-0.4, -0.2) is 35.9 Å². The van der Waals surface area contributed by atoms with E-state index in [1.54, 1.807) is 6.20 Å². The monoisotopic (exact) mass is 265 g/mol. The molecule has 0 aliphatic carbocycles. The molecule has 0 aliphatic rings. The maximum absolute atomic E-state index is 11.7. The molecular formula is C13H23N5O. The molecule has 1 aromatic rings. The van der Waals surface area contributed by atoms with Crippen LogP contribution >= 0.6 is 0 Å². The van der Waals surface area contributed by atoms with Gasteiger partial charge in [-0.2, -0.15) is 0 Å². The molecule has 0 bridgehead atoms. The average Bonchev–Trinajstić information content (AvgIpc) is 2.37. The van der Waals surface area contributed by atoms with E-state index in [2.05, 4.69) is 29.6 Å². The summed E-state index contributed by atoms with van der Waals surface area (Å²) in [5.41, 5.74) is 3.52. The Morgan fingerprint density at radius 3 is 2.89 bits per heavy atom. The van der Waals surface area contributed by atoms with Crippen LogP contribution in [0.4, 0.5) is 5.82 Å². The van der Waals surface area contributed by atoms with E-state index in [9.17, 15) is 4.79 Å². The van der Waals surface area contributed by atoms with Gasteiger partial charge in [0.15, 0.2) is 0 Å². The SMILES string of the molecule is CC(C)CNC(=O)CN(C)Cc1cccnc1NN. The first-order valence-corrected chi connectivity index (χ1v) is 6.38. The number of pyridine rings is 1. The Balaban J connectivity index is 2.46. The van der Waals surface area contributed by atoms with Crippen molar-refractivity contribution in [1.82, 2.24) is 15.2 Å². The number of nitrogen functional groups attached to an aromatic ring is 1. The molecule has 0 atom stereocenters. The molecule has 1 aromatic heterocycles. The predicted octanol–water partition coefficient (Wildman–Crippen LogP) is 0.571. The van der Waals surface area contributed by atoms with Gasteiger partial charge in [-0.05, 0) is 19.0 Å². The summed E-state index contributed by atoms with van der Waals surface area (Å²) in [6, 6.07) is 3.79. The van der Waals surface area contributed by atoms with E-state index in [0.29, 0.717) is 31.4 Å². The number of likely N-dealkylation sites (N-methyl/N-ethyl adjacent to an activating group) is 1. The zero-order chi connectivity index (χ0) is 14.3. The minimum atomic E-state index is 0.0300. The molecule has 4 N–H and O–H groups in total. The fourth-order valence-corrected chi connectivity index (χ4v) is 1.66. The number of nitrogens with two attached hydrogens (primary N) is 1. The van der Waals surface area contributed by atoms with Crippen molar-refractivity contribution in [1.29, 1.82) is 0 Å². The van der Waals surface area contributed by atoms with Crippen molar-refractivity contribution >= 4 is 11.7 Å². The van der Waals surface area contributed by atoms with Gasteiger partial charge in [-0.25, -0.2) is 10.8 Å². The van der Waals surface area contributed by atoms with Crippen molar-refractivity contribution in [3.05, 3.63) is 23.9 Å². The van der Waals surface area contributed by atoms with Gasteiger partial charge in [-0.15, -0.1) is 0 Å². The largest absolute Gasteiger partial charge is 0.355 e. The summed E-state index contributed by atoms with van der Waals surface area (Å²) in [4.78, 5) is 17.7. The number of hydrogen-bond acceptors (Lipinski definition) is 5. The quantitative estimate of drug-likeness (QED) is 0.496. The Kier molecular flexibility index (Phi) is 6.24. The predicted molar refractivity (Wildman–Crippen MR) is 76.2 cm³/mol. The summed E-state index contributed by atoms with van der Waals surface area (Å²) < 4.78 is 0. The van der Waals surface area contributed by atoms with E-state index >= 15 is 0 Å². The number of anilines is 1. The first-order valence-electron chi connectivity index (χ1n) is 6.38. The lowest BCUT2D eigenvalue weighted by atomic mass is 10.2.